The number of amides is 1. The molecule has 0 saturated carbocycles. The van der Waals surface area contributed by atoms with Gasteiger partial charge in [-0.1, -0.05) is 19.1 Å². The van der Waals surface area contributed by atoms with Crippen molar-refractivity contribution in [1.82, 2.24) is 19.9 Å². The molecule has 5 rings (SSSR count). The first kappa shape index (κ1) is 22.0. The molecule has 0 spiro atoms. The van der Waals surface area contributed by atoms with Gasteiger partial charge in [-0.2, -0.15) is 4.98 Å². The molecule has 34 heavy (non-hydrogen) atoms. The molecule has 1 N–H and O–H groups in total. The number of oxazole rings is 1. The molecule has 2 unspecified atom stereocenters. The van der Waals surface area contributed by atoms with E-state index in [2.05, 4.69) is 27.2 Å². The summed E-state index contributed by atoms with van der Waals surface area (Å²) in [5.74, 6) is 0.432. The lowest BCUT2D eigenvalue weighted by Gasteiger charge is -2.40. The number of aromatic nitrogens is 3. The Balaban J connectivity index is 1.42. The van der Waals surface area contributed by atoms with Gasteiger partial charge >= 0.3 is 0 Å². The molecule has 0 radical (unpaired) electrons. The van der Waals surface area contributed by atoms with Crippen molar-refractivity contribution in [2.45, 2.75) is 32.7 Å². The summed E-state index contributed by atoms with van der Waals surface area (Å²) in [5.41, 5.74) is 3.29. The first-order valence-electron chi connectivity index (χ1n) is 11.5. The van der Waals surface area contributed by atoms with E-state index in [9.17, 15) is 9.18 Å². The lowest BCUT2D eigenvalue weighted by atomic mass is 9.89. The molecule has 2 aromatic carbocycles. The van der Waals surface area contributed by atoms with Gasteiger partial charge < -0.3 is 14.6 Å². The van der Waals surface area contributed by atoms with Crippen molar-refractivity contribution in [3.05, 3.63) is 71.8 Å². The SMILES string of the molecule is Cc1cccc(C(=O)N2CCCC(C)C2CNc2nc3cc(F)ccc3o2)c1-c1ncccn1. The fraction of sp³-hybridized carbons (Fsp3) is 0.308. The highest BCUT2D eigenvalue weighted by Gasteiger charge is 2.34. The molecule has 0 bridgehead atoms. The van der Waals surface area contributed by atoms with E-state index in [0.29, 0.717) is 41.6 Å². The summed E-state index contributed by atoms with van der Waals surface area (Å²) in [6.45, 7) is 5.27. The minimum atomic E-state index is -0.360. The summed E-state index contributed by atoms with van der Waals surface area (Å²) in [7, 11) is 0. The van der Waals surface area contributed by atoms with Crippen molar-refractivity contribution in [2.75, 3.05) is 18.4 Å². The van der Waals surface area contributed by atoms with E-state index in [1.165, 1.54) is 12.1 Å². The molecule has 1 fully saturated rings. The average molecular weight is 460 g/mol. The summed E-state index contributed by atoms with van der Waals surface area (Å²) in [4.78, 5) is 28.9. The molecule has 1 aliphatic rings. The van der Waals surface area contributed by atoms with Gasteiger partial charge in [0.25, 0.3) is 11.9 Å². The van der Waals surface area contributed by atoms with Crippen molar-refractivity contribution >= 4 is 23.0 Å². The Morgan fingerprint density at radius 3 is 2.85 bits per heavy atom. The molecule has 8 heteroatoms. The van der Waals surface area contributed by atoms with E-state index in [4.69, 9.17) is 4.42 Å². The molecule has 4 aromatic rings. The molecular formula is C26H26FN5O2. The molecule has 7 nitrogen and oxygen atoms in total. The minimum Gasteiger partial charge on any atom is -0.424 e. The normalized spacial score (nSPS) is 18.3. The quantitative estimate of drug-likeness (QED) is 0.448. The van der Waals surface area contributed by atoms with Crippen LogP contribution < -0.4 is 5.32 Å². The summed E-state index contributed by atoms with van der Waals surface area (Å²) >= 11 is 0. The molecule has 2 atom stereocenters. The summed E-state index contributed by atoms with van der Waals surface area (Å²) in [6.07, 6.45) is 5.34. The van der Waals surface area contributed by atoms with Crippen LogP contribution in [0.15, 0.2) is 59.3 Å². The van der Waals surface area contributed by atoms with Gasteiger partial charge in [0.15, 0.2) is 11.4 Å². The van der Waals surface area contributed by atoms with Crippen molar-refractivity contribution in [3.63, 3.8) is 0 Å². The summed E-state index contributed by atoms with van der Waals surface area (Å²) in [5, 5.41) is 3.23. The van der Waals surface area contributed by atoms with Crippen LogP contribution in [0.1, 0.15) is 35.7 Å². The molecule has 3 heterocycles. The van der Waals surface area contributed by atoms with Crippen LogP contribution in [0.4, 0.5) is 10.4 Å². The molecule has 1 saturated heterocycles. The van der Waals surface area contributed by atoms with Crippen molar-refractivity contribution in [1.29, 1.82) is 0 Å². The van der Waals surface area contributed by atoms with E-state index < -0.39 is 0 Å². The van der Waals surface area contributed by atoms with Gasteiger partial charge in [0, 0.05) is 37.1 Å². The Bertz CT molecular complexity index is 1320. The first-order chi connectivity index (χ1) is 16.5. The number of piperidine rings is 1. The lowest BCUT2D eigenvalue weighted by Crippen LogP contribution is -2.51. The smallest absolute Gasteiger partial charge is 0.295 e. The lowest BCUT2D eigenvalue weighted by molar-refractivity contribution is 0.0540. The molecule has 1 amide bonds. The second kappa shape index (κ2) is 9.21. The molecule has 174 valence electrons. The third-order valence-corrected chi connectivity index (χ3v) is 6.48. The molecule has 1 aliphatic heterocycles. The fourth-order valence-electron chi connectivity index (χ4n) is 4.71. The predicted octanol–water partition coefficient (Wildman–Crippen LogP) is 5.09. The maximum Gasteiger partial charge on any atom is 0.295 e. The number of hydrogen-bond donors (Lipinski definition) is 1. The zero-order chi connectivity index (χ0) is 23.7. The highest BCUT2D eigenvalue weighted by Crippen LogP contribution is 2.30. The monoisotopic (exact) mass is 459 g/mol. The summed E-state index contributed by atoms with van der Waals surface area (Å²) < 4.78 is 19.2. The largest absolute Gasteiger partial charge is 0.424 e. The van der Waals surface area contributed by atoms with Gasteiger partial charge in [0.1, 0.15) is 11.3 Å². The maximum absolute atomic E-state index is 13.9. The van der Waals surface area contributed by atoms with Crippen LogP contribution >= 0.6 is 0 Å². The van der Waals surface area contributed by atoms with Crippen molar-refractivity contribution in [2.24, 2.45) is 5.92 Å². The second-order valence-electron chi connectivity index (χ2n) is 8.77. The molecular weight excluding hydrogens is 433 g/mol. The number of nitrogens with zero attached hydrogens (tertiary/aromatic N) is 4. The topological polar surface area (TPSA) is 84.2 Å². The predicted molar refractivity (Wildman–Crippen MR) is 128 cm³/mol. The Labute approximate surface area is 197 Å². The third-order valence-electron chi connectivity index (χ3n) is 6.48. The molecule has 0 aliphatic carbocycles. The average Bonchev–Trinajstić information content (AvgIpc) is 3.25. The van der Waals surface area contributed by atoms with Crippen LogP contribution in [0.2, 0.25) is 0 Å². The number of hydrogen-bond acceptors (Lipinski definition) is 6. The number of fused-ring (bicyclic) bond motifs is 1. The Morgan fingerprint density at radius 1 is 1.21 bits per heavy atom. The number of likely N-dealkylation sites (tertiary alicyclic amines) is 1. The maximum atomic E-state index is 13.9. The van der Waals surface area contributed by atoms with E-state index in [1.54, 1.807) is 24.5 Å². The standard InChI is InChI=1S/C26H26FN5O2/c1-16-7-4-13-32(21(16)15-30-26-31-20-14-18(27)9-10-22(20)34-26)25(33)19-8-3-6-17(2)23(19)24-28-11-5-12-29-24/h3,5-6,8-12,14,16,21H,4,7,13,15H2,1-2H3,(H,30,31). The highest BCUT2D eigenvalue weighted by molar-refractivity contribution is 6.01. The van der Waals surface area contributed by atoms with Gasteiger partial charge in [-0.3, -0.25) is 4.79 Å². The number of anilines is 1. The fourth-order valence-corrected chi connectivity index (χ4v) is 4.71. The zero-order valence-corrected chi connectivity index (χ0v) is 19.2. The minimum absolute atomic E-state index is 0.0378. The number of rotatable bonds is 5. The number of carbonyl (C=O) groups excluding carboxylic acids is 1. The van der Waals surface area contributed by atoms with Crippen LogP contribution in [0.3, 0.4) is 0 Å². The Morgan fingerprint density at radius 2 is 2.03 bits per heavy atom. The van der Waals surface area contributed by atoms with E-state index in [1.807, 2.05) is 30.0 Å². The van der Waals surface area contributed by atoms with Crippen LogP contribution in [-0.4, -0.2) is 44.9 Å². The summed E-state index contributed by atoms with van der Waals surface area (Å²) in [6, 6.07) is 12.0. The van der Waals surface area contributed by atoms with Crippen LogP contribution in [0, 0.1) is 18.7 Å². The number of carbonyl (C=O) groups is 1. The van der Waals surface area contributed by atoms with E-state index in [0.717, 1.165) is 24.0 Å². The van der Waals surface area contributed by atoms with Gasteiger partial charge in [-0.05, 0) is 55.5 Å². The van der Waals surface area contributed by atoms with Gasteiger partial charge in [0.2, 0.25) is 0 Å². The van der Waals surface area contributed by atoms with Gasteiger partial charge in [-0.25, -0.2) is 14.4 Å². The number of nitrogens with one attached hydrogen (secondary N) is 1. The van der Waals surface area contributed by atoms with Crippen molar-refractivity contribution in [3.8, 4) is 11.4 Å². The van der Waals surface area contributed by atoms with Crippen LogP contribution in [0.5, 0.6) is 0 Å². The van der Waals surface area contributed by atoms with Crippen LogP contribution in [0.25, 0.3) is 22.5 Å². The zero-order valence-electron chi connectivity index (χ0n) is 19.2. The first-order valence-corrected chi connectivity index (χ1v) is 11.5. The van der Waals surface area contributed by atoms with Gasteiger partial charge in [0.05, 0.1) is 11.6 Å². The number of aryl methyl sites for hydroxylation is 1. The number of benzene rings is 2. The van der Waals surface area contributed by atoms with Gasteiger partial charge in [-0.15, -0.1) is 0 Å². The van der Waals surface area contributed by atoms with E-state index in [-0.39, 0.29) is 23.7 Å². The Hall–Kier alpha value is -3.81. The van der Waals surface area contributed by atoms with Crippen molar-refractivity contribution < 1.29 is 13.6 Å². The van der Waals surface area contributed by atoms with E-state index >= 15 is 0 Å². The molecule has 2 aromatic heterocycles. The second-order valence-corrected chi connectivity index (χ2v) is 8.77. The third kappa shape index (κ3) is 4.23. The Kier molecular flexibility index (Phi) is 5.96. The number of halogens is 1. The van der Waals surface area contributed by atoms with Crippen LogP contribution in [-0.2, 0) is 0 Å². The highest BCUT2D eigenvalue weighted by atomic mass is 19.1.